The van der Waals surface area contributed by atoms with Crippen LogP contribution in [0.15, 0.2) is 49.8 Å². The minimum absolute atomic E-state index is 0. The largest absolute Gasteiger partial charge is 0.478 e. The first-order valence-electron chi connectivity index (χ1n) is 22.2. The minimum atomic E-state index is -0.509. The number of ether oxygens (including phenoxy) is 2. The van der Waals surface area contributed by atoms with Crippen molar-refractivity contribution in [3.05, 3.63) is 71.2 Å². The highest BCUT2D eigenvalue weighted by Crippen LogP contribution is 2.41. The van der Waals surface area contributed by atoms with Gasteiger partial charge in [0.15, 0.2) is 16.0 Å². The number of likely N-dealkylation sites (N-methyl/N-ethyl adjacent to an activating group) is 2. The molecule has 66 heavy (non-hydrogen) atoms. The lowest BCUT2D eigenvalue weighted by Crippen LogP contribution is -2.39. The van der Waals surface area contributed by atoms with Crippen molar-refractivity contribution in [2.45, 2.75) is 129 Å². The molecule has 4 aromatic rings. The zero-order chi connectivity index (χ0) is 47.3. The summed E-state index contributed by atoms with van der Waals surface area (Å²) < 4.78 is 11.6. The smallest absolute Gasteiger partial charge is 0.246 e. The van der Waals surface area contributed by atoms with Crippen LogP contribution in [0, 0.1) is 0 Å². The number of ketones is 2. The second-order valence-corrected chi connectivity index (χ2v) is 18.0. The van der Waals surface area contributed by atoms with Gasteiger partial charge in [-0.2, -0.15) is 9.97 Å². The van der Waals surface area contributed by atoms with E-state index in [1.165, 1.54) is 59.3 Å². The monoisotopic (exact) mass is 986 g/mol. The van der Waals surface area contributed by atoms with E-state index in [9.17, 15) is 19.2 Å². The fraction of sp³-hybridized carbons (Fsp3) is 0.522. The van der Waals surface area contributed by atoms with Crippen LogP contribution in [-0.4, -0.2) is 96.9 Å². The molecule has 2 aliphatic carbocycles. The predicted molar refractivity (Wildman–Crippen MR) is 266 cm³/mol. The van der Waals surface area contributed by atoms with Crippen molar-refractivity contribution >= 4 is 91.3 Å². The van der Waals surface area contributed by atoms with Gasteiger partial charge >= 0.3 is 0 Å². The number of Topliss-reactive ketones (excluding diaryl/α,β-unsaturated/α-hetero) is 2. The number of nitrogens with one attached hydrogen (secondary N) is 3. The fourth-order valence-electron chi connectivity index (χ4n) is 6.19. The van der Waals surface area contributed by atoms with Gasteiger partial charge in [0.25, 0.3) is 0 Å². The van der Waals surface area contributed by atoms with Gasteiger partial charge in [-0.15, -0.1) is 35.1 Å². The highest BCUT2D eigenvalue weighted by Gasteiger charge is 2.24. The van der Waals surface area contributed by atoms with E-state index in [4.69, 9.17) is 21.1 Å². The first-order valence-corrected chi connectivity index (χ1v) is 24.2. The number of aromatic nitrogens is 6. The standard InChI is InChI=1S/C23H31N5O3S.C20H29N5O2S.C3H3ClO.ClH/c1-5-19-25-20(27-23-24-14-18(32-23)16-9-7-10-16)13-21(26-19)31-12-8-11-17(29)15(3)28(4)22(30)6-2;1-4-17-23-18(25-20-22-12-16(28-20)14-7-5-8-14)11-19(24-17)27-10-6-9-15(26)13(2)21-3;1-2-3(4)5;/h6,13-16H,2,5,7-12H2,1,3-4H3,(H,24,25,26,27);11-14,21H,4-10H2,1-3H3,(H,22,23,24,25);2H,1H2;1H/t15-;13-;;/m00../s1. The lowest BCUT2D eigenvalue weighted by atomic mass is 9.85. The molecule has 2 fully saturated rings. The highest BCUT2D eigenvalue weighted by atomic mass is 35.5. The zero-order valence-electron chi connectivity index (χ0n) is 38.8. The summed E-state index contributed by atoms with van der Waals surface area (Å²) in [5.41, 5.74) is 0. The summed E-state index contributed by atoms with van der Waals surface area (Å²) in [4.78, 5) is 76.2. The van der Waals surface area contributed by atoms with Crippen LogP contribution in [0.25, 0.3) is 0 Å². The quantitative estimate of drug-likeness (QED) is 0.0340. The lowest BCUT2D eigenvalue weighted by Gasteiger charge is -2.23. The number of hydrogen-bond donors (Lipinski definition) is 3. The molecule has 3 N–H and O–H groups in total. The third-order valence-corrected chi connectivity index (χ3v) is 13.2. The number of nitrogens with zero attached hydrogens (tertiary/aromatic N) is 7. The van der Waals surface area contributed by atoms with Crippen molar-refractivity contribution in [3.8, 4) is 11.8 Å². The number of halogens is 2. The van der Waals surface area contributed by atoms with E-state index in [2.05, 4.69) is 59.0 Å². The van der Waals surface area contributed by atoms with Crippen LogP contribution < -0.4 is 25.4 Å². The van der Waals surface area contributed by atoms with Crippen LogP contribution in [0.1, 0.15) is 125 Å². The van der Waals surface area contributed by atoms with Crippen molar-refractivity contribution in [3.63, 3.8) is 0 Å². The summed E-state index contributed by atoms with van der Waals surface area (Å²) in [5.74, 6) is 4.96. The molecule has 0 aliphatic heterocycles. The van der Waals surface area contributed by atoms with Gasteiger partial charge in [-0.05, 0) is 95.0 Å². The zero-order valence-corrected chi connectivity index (χ0v) is 42.0. The molecule has 16 nitrogen and oxygen atoms in total. The Balaban J connectivity index is 0.000000315. The molecule has 360 valence electrons. The Morgan fingerprint density at radius 2 is 1.23 bits per heavy atom. The summed E-state index contributed by atoms with van der Waals surface area (Å²) >= 11 is 8.07. The van der Waals surface area contributed by atoms with Crippen molar-refractivity contribution in [1.82, 2.24) is 40.1 Å². The molecule has 0 radical (unpaired) electrons. The van der Waals surface area contributed by atoms with Crippen LogP contribution in [0.2, 0.25) is 0 Å². The van der Waals surface area contributed by atoms with Gasteiger partial charge in [0, 0.05) is 67.0 Å². The second-order valence-electron chi connectivity index (χ2n) is 15.5. The van der Waals surface area contributed by atoms with Crippen molar-refractivity contribution in [2.75, 3.05) is 37.9 Å². The topological polar surface area (TPSA) is 203 Å². The molecule has 2 atom stereocenters. The van der Waals surface area contributed by atoms with Crippen LogP contribution in [0.5, 0.6) is 11.8 Å². The molecule has 20 heteroatoms. The van der Waals surface area contributed by atoms with Gasteiger partial charge in [-0.3, -0.25) is 19.2 Å². The van der Waals surface area contributed by atoms with E-state index in [1.54, 1.807) is 55.8 Å². The molecule has 2 aliphatic rings. The Hall–Kier alpha value is -4.88. The molecule has 6 rings (SSSR count). The Morgan fingerprint density at radius 1 is 0.788 bits per heavy atom. The van der Waals surface area contributed by atoms with Gasteiger partial charge in [0.2, 0.25) is 22.9 Å². The molecular formula is C46H64Cl2N10O6S2. The first kappa shape index (κ1) is 55.4. The van der Waals surface area contributed by atoms with Crippen LogP contribution in [0.4, 0.5) is 21.9 Å². The van der Waals surface area contributed by atoms with E-state index in [-0.39, 0.29) is 35.9 Å². The van der Waals surface area contributed by atoms with Gasteiger partial charge < -0.3 is 30.3 Å². The number of anilines is 4. The average molecular weight is 988 g/mol. The summed E-state index contributed by atoms with van der Waals surface area (Å²) in [6, 6.07) is 2.93. The normalized spacial score (nSPS) is 13.9. The fourth-order valence-corrected chi connectivity index (χ4v) is 8.18. The molecule has 0 unspecified atom stereocenters. The maximum atomic E-state index is 12.3. The highest BCUT2D eigenvalue weighted by molar-refractivity contribution is 7.16. The third kappa shape index (κ3) is 18.1. The number of hydrogen-bond acceptors (Lipinski definition) is 17. The van der Waals surface area contributed by atoms with Crippen molar-refractivity contribution in [1.29, 1.82) is 0 Å². The maximum absolute atomic E-state index is 12.3. The molecule has 4 heterocycles. The van der Waals surface area contributed by atoms with Crippen LogP contribution in [-0.2, 0) is 32.0 Å². The van der Waals surface area contributed by atoms with Crippen LogP contribution >= 0.6 is 46.7 Å². The number of aryl methyl sites for hydroxylation is 2. The number of amides is 1. The summed E-state index contributed by atoms with van der Waals surface area (Å²) in [7, 11) is 3.39. The van der Waals surface area contributed by atoms with Gasteiger partial charge in [-0.1, -0.05) is 39.8 Å². The Bertz CT molecular complexity index is 2200. The Morgan fingerprint density at radius 3 is 1.59 bits per heavy atom. The van der Waals surface area contributed by atoms with E-state index in [0.717, 1.165) is 28.6 Å². The van der Waals surface area contributed by atoms with E-state index in [1.807, 2.05) is 33.2 Å². The van der Waals surface area contributed by atoms with E-state index in [0.29, 0.717) is 86.4 Å². The van der Waals surface area contributed by atoms with E-state index < -0.39 is 11.3 Å². The Labute approximate surface area is 407 Å². The van der Waals surface area contributed by atoms with Crippen molar-refractivity contribution < 1.29 is 28.7 Å². The van der Waals surface area contributed by atoms with Gasteiger partial charge in [0.05, 0.1) is 25.3 Å². The number of allylic oxidation sites excluding steroid dienone is 1. The van der Waals surface area contributed by atoms with Crippen molar-refractivity contribution in [2.24, 2.45) is 0 Å². The molecule has 0 aromatic carbocycles. The number of carbonyl (C=O) groups excluding carboxylic acids is 4. The molecule has 0 saturated heterocycles. The lowest BCUT2D eigenvalue weighted by molar-refractivity contribution is -0.134. The van der Waals surface area contributed by atoms with Gasteiger partial charge in [-0.25, -0.2) is 19.9 Å². The summed E-state index contributed by atoms with van der Waals surface area (Å²) in [6.07, 6.45) is 17.2. The first-order chi connectivity index (χ1) is 31.3. The molecule has 1 amide bonds. The minimum Gasteiger partial charge on any atom is -0.478 e. The average Bonchev–Trinajstić information content (AvgIpc) is 3.93. The third-order valence-electron chi connectivity index (χ3n) is 10.9. The molecule has 2 saturated carbocycles. The van der Waals surface area contributed by atoms with Crippen LogP contribution in [0.3, 0.4) is 0 Å². The molecule has 0 bridgehead atoms. The number of thiazole rings is 2. The summed E-state index contributed by atoms with van der Waals surface area (Å²) in [6.45, 7) is 14.9. The molecule has 4 aromatic heterocycles. The van der Waals surface area contributed by atoms with E-state index >= 15 is 0 Å². The Kier molecular flexibility index (Phi) is 24.4. The predicted octanol–water partition coefficient (Wildman–Crippen LogP) is 9.47. The second kappa shape index (κ2) is 29.0. The summed E-state index contributed by atoms with van der Waals surface area (Å²) in [5, 5.41) is 10.7. The number of carbonyl (C=O) groups is 4. The maximum Gasteiger partial charge on any atom is 0.246 e. The number of rotatable bonds is 24. The molecular weight excluding hydrogens is 924 g/mol. The SMILES string of the molecule is C=CC(=O)Cl.C=CC(=O)N(C)[C@@H](C)C(=O)CCCOc1cc(Nc2ncc(C3CCC3)s2)nc(CC)n1.CCc1nc(Nc2ncc(C3CCC3)s2)cc(OCCCC(=O)[C@H](C)NC)n1.Cl. The molecule has 0 spiro atoms. The van der Waals surface area contributed by atoms with Gasteiger partial charge in [0.1, 0.15) is 29.1 Å².